The number of hydrogen-bond donors (Lipinski definition) is 2. The van der Waals surface area contributed by atoms with Gasteiger partial charge in [-0.2, -0.15) is 5.10 Å². The highest BCUT2D eigenvalue weighted by molar-refractivity contribution is 8.15. The number of nitrogens with zero attached hydrogens (tertiary/aromatic N) is 2. The standard InChI is InChI=1S/C23H22N4O4S/c1-2-31-22(30)17-10-12-18(13-11-17)25-20(28)15-19-21(29)26-23(32-19)27-24-14-6-9-16-7-4-3-5-8-16/h3-14,19H,2,15H2,1H3,(H,25,28)(H,26,27,29). The molecule has 0 aliphatic carbocycles. The first-order valence-corrected chi connectivity index (χ1v) is 10.8. The zero-order chi connectivity index (χ0) is 22.8. The largest absolute Gasteiger partial charge is 0.462 e. The molecule has 32 heavy (non-hydrogen) atoms. The fourth-order valence-corrected chi connectivity index (χ4v) is 3.64. The van der Waals surface area contributed by atoms with Gasteiger partial charge in [-0.05, 0) is 42.8 Å². The molecule has 1 fully saturated rings. The van der Waals surface area contributed by atoms with E-state index in [1.807, 2.05) is 36.4 Å². The maximum Gasteiger partial charge on any atom is 0.338 e. The summed E-state index contributed by atoms with van der Waals surface area (Å²) in [6.07, 6.45) is 5.13. The predicted octanol–water partition coefficient (Wildman–Crippen LogP) is 3.48. The van der Waals surface area contributed by atoms with Gasteiger partial charge in [0.15, 0.2) is 5.17 Å². The molecule has 0 spiro atoms. The minimum atomic E-state index is -0.595. The van der Waals surface area contributed by atoms with Crippen LogP contribution in [0, 0.1) is 0 Å². The van der Waals surface area contributed by atoms with Crippen LogP contribution < -0.4 is 10.6 Å². The maximum atomic E-state index is 12.3. The molecule has 2 aromatic carbocycles. The maximum absolute atomic E-state index is 12.3. The molecule has 0 bridgehead atoms. The van der Waals surface area contributed by atoms with Gasteiger partial charge < -0.3 is 15.4 Å². The summed E-state index contributed by atoms with van der Waals surface area (Å²) in [5.74, 6) is -1.04. The number of nitrogens with one attached hydrogen (secondary N) is 2. The molecule has 3 rings (SSSR count). The van der Waals surface area contributed by atoms with Crippen LogP contribution in [0.5, 0.6) is 0 Å². The van der Waals surface area contributed by atoms with Crippen LogP contribution in [-0.4, -0.2) is 41.0 Å². The summed E-state index contributed by atoms with van der Waals surface area (Å²) in [6.45, 7) is 2.02. The zero-order valence-electron chi connectivity index (χ0n) is 17.4. The Hall–Kier alpha value is -3.72. The quantitative estimate of drug-likeness (QED) is 0.364. The van der Waals surface area contributed by atoms with Crippen LogP contribution in [0.15, 0.2) is 70.9 Å². The minimum Gasteiger partial charge on any atom is -0.462 e. The summed E-state index contributed by atoms with van der Waals surface area (Å²) in [6, 6.07) is 16.1. The number of thioether (sulfide) groups is 1. The molecule has 1 atom stereocenters. The van der Waals surface area contributed by atoms with Crippen molar-refractivity contribution < 1.29 is 19.1 Å². The summed E-state index contributed by atoms with van der Waals surface area (Å²) >= 11 is 1.15. The molecular weight excluding hydrogens is 428 g/mol. The first kappa shape index (κ1) is 23.0. The molecule has 0 aromatic heterocycles. The number of amides is 2. The van der Waals surface area contributed by atoms with Crippen molar-refractivity contribution in [3.8, 4) is 0 Å². The van der Waals surface area contributed by atoms with Crippen LogP contribution in [0.4, 0.5) is 5.69 Å². The summed E-state index contributed by atoms with van der Waals surface area (Å²) < 4.78 is 4.92. The van der Waals surface area contributed by atoms with Crippen LogP contribution in [-0.2, 0) is 14.3 Å². The Morgan fingerprint density at radius 3 is 2.62 bits per heavy atom. The first-order chi connectivity index (χ1) is 15.5. The smallest absolute Gasteiger partial charge is 0.338 e. The molecule has 2 amide bonds. The number of ether oxygens (including phenoxy) is 1. The normalized spacial score (nSPS) is 17.1. The molecule has 164 valence electrons. The number of anilines is 1. The van der Waals surface area contributed by atoms with Crippen molar-refractivity contribution in [3.63, 3.8) is 0 Å². The number of carbonyl (C=O) groups excluding carboxylic acids is 3. The Morgan fingerprint density at radius 2 is 1.91 bits per heavy atom. The summed E-state index contributed by atoms with van der Waals surface area (Å²) in [7, 11) is 0. The van der Waals surface area contributed by atoms with Gasteiger partial charge in [0.05, 0.1) is 12.2 Å². The monoisotopic (exact) mass is 450 g/mol. The van der Waals surface area contributed by atoms with Crippen LogP contribution in [0.3, 0.4) is 0 Å². The number of benzene rings is 2. The molecule has 0 saturated carbocycles. The van der Waals surface area contributed by atoms with Gasteiger partial charge in [0.25, 0.3) is 0 Å². The summed E-state index contributed by atoms with van der Waals surface area (Å²) in [5.41, 5.74) is 1.96. The third-order valence-electron chi connectivity index (χ3n) is 4.22. The lowest BCUT2D eigenvalue weighted by atomic mass is 10.2. The van der Waals surface area contributed by atoms with Crippen molar-refractivity contribution in [1.82, 2.24) is 5.32 Å². The number of hydrogen-bond acceptors (Lipinski definition) is 7. The molecule has 9 heteroatoms. The molecule has 2 aromatic rings. The van der Waals surface area contributed by atoms with Gasteiger partial charge >= 0.3 is 5.97 Å². The van der Waals surface area contributed by atoms with E-state index in [2.05, 4.69) is 20.8 Å². The molecule has 8 nitrogen and oxygen atoms in total. The van der Waals surface area contributed by atoms with E-state index in [1.165, 1.54) is 6.21 Å². The van der Waals surface area contributed by atoms with Gasteiger partial charge in [-0.3, -0.25) is 9.59 Å². The number of esters is 1. The zero-order valence-corrected chi connectivity index (χ0v) is 18.2. The summed E-state index contributed by atoms with van der Waals surface area (Å²) in [4.78, 5) is 36.1. The van der Waals surface area contributed by atoms with Crippen LogP contribution in [0.1, 0.15) is 29.3 Å². The van der Waals surface area contributed by atoms with E-state index in [-0.39, 0.29) is 18.2 Å². The minimum absolute atomic E-state index is 0.0211. The number of allylic oxidation sites excluding steroid dienone is 1. The van der Waals surface area contributed by atoms with E-state index in [9.17, 15) is 14.4 Å². The van der Waals surface area contributed by atoms with Gasteiger partial charge in [-0.25, -0.2) is 4.79 Å². The van der Waals surface area contributed by atoms with Crippen molar-refractivity contribution >= 4 is 52.7 Å². The molecule has 2 N–H and O–H groups in total. The van der Waals surface area contributed by atoms with Gasteiger partial charge in [-0.1, -0.05) is 48.2 Å². The third kappa shape index (κ3) is 6.92. The highest BCUT2D eigenvalue weighted by atomic mass is 32.2. The van der Waals surface area contributed by atoms with E-state index in [0.29, 0.717) is 23.0 Å². The molecular formula is C23H22N4O4S. The lowest BCUT2D eigenvalue weighted by Gasteiger charge is -2.08. The highest BCUT2D eigenvalue weighted by Crippen LogP contribution is 2.23. The van der Waals surface area contributed by atoms with Crippen molar-refractivity contribution in [1.29, 1.82) is 0 Å². The van der Waals surface area contributed by atoms with E-state index in [1.54, 1.807) is 37.3 Å². The third-order valence-corrected chi connectivity index (χ3v) is 5.29. The highest BCUT2D eigenvalue weighted by Gasteiger charge is 2.32. The topological polar surface area (TPSA) is 109 Å². The van der Waals surface area contributed by atoms with Gasteiger partial charge in [0.1, 0.15) is 5.25 Å². The molecule has 1 saturated heterocycles. The summed E-state index contributed by atoms with van der Waals surface area (Å²) in [5, 5.41) is 13.0. The van der Waals surface area contributed by atoms with Crippen LogP contribution in [0.2, 0.25) is 0 Å². The number of carbonyl (C=O) groups is 3. The lowest BCUT2D eigenvalue weighted by molar-refractivity contribution is -0.122. The van der Waals surface area contributed by atoms with E-state index < -0.39 is 11.2 Å². The fraction of sp³-hybridized carbons (Fsp3) is 0.174. The van der Waals surface area contributed by atoms with Crippen molar-refractivity contribution in [3.05, 3.63) is 71.8 Å². The molecule has 1 heterocycles. The van der Waals surface area contributed by atoms with Crippen molar-refractivity contribution in [2.24, 2.45) is 10.2 Å². The lowest BCUT2D eigenvalue weighted by Crippen LogP contribution is -2.28. The molecule has 1 unspecified atom stereocenters. The predicted molar refractivity (Wildman–Crippen MR) is 127 cm³/mol. The van der Waals surface area contributed by atoms with Crippen molar-refractivity contribution in [2.45, 2.75) is 18.6 Å². The second kappa shape index (κ2) is 11.6. The molecule has 1 aliphatic rings. The average Bonchev–Trinajstić information content (AvgIpc) is 3.13. The fourth-order valence-electron chi connectivity index (χ4n) is 2.71. The Bertz CT molecular complexity index is 1050. The van der Waals surface area contributed by atoms with Crippen molar-refractivity contribution in [2.75, 3.05) is 11.9 Å². The second-order valence-corrected chi connectivity index (χ2v) is 7.78. The Balaban J connectivity index is 1.48. The van der Waals surface area contributed by atoms with Gasteiger partial charge in [0, 0.05) is 18.3 Å². The Labute approximate surface area is 189 Å². The van der Waals surface area contributed by atoms with Gasteiger partial charge in [0.2, 0.25) is 11.8 Å². The second-order valence-electron chi connectivity index (χ2n) is 6.59. The first-order valence-electron chi connectivity index (χ1n) is 9.92. The number of rotatable bonds is 8. The van der Waals surface area contributed by atoms with Crippen LogP contribution in [0.25, 0.3) is 6.08 Å². The molecule has 0 radical (unpaired) electrons. The number of amidine groups is 1. The van der Waals surface area contributed by atoms with E-state index >= 15 is 0 Å². The van der Waals surface area contributed by atoms with Crippen LogP contribution >= 0.6 is 11.8 Å². The van der Waals surface area contributed by atoms with E-state index in [0.717, 1.165) is 17.3 Å². The van der Waals surface area contributed by atoms with Gasteiger partial charge in [-0.15, -0.1) is 5.10 Å². The Morgan fingerprint density at radius 1 is 1.16 bits per heavy atom. The SMILES string of the molecule is CCOC(=O)c1ccc(NC(=O)CC2S/C(=N/N=CC=Cc3ccccc3)NC2=O)cc1. The Kier molecular flexibility index (Phi) is 8.33. The molecule has 1 aliphatic heterocycles. The average molecular weight is 451 g/mol. The van der Waals surface area contributed by atoms with E-state index in [4.69, 9.17) is 4.74 Å².